The van der Waals surface area contributed by atoms with Crippen molar-refractivity contribution in [2.24, 2.45) is 11.8 Å². The van der Waals surface area contributed by atoms with Crippen LogP contribution in [0.4, 0.5) is 5.82 Å². The third kappa shape index (κ3) is 2.78. The normalized spacial score (nSPS) is 26.8. The van der Waals surface area contributed by atoms with Crippen molar-refractivity contribution in [2.75, 3.05) is 5.73 Å². The Balaban J connectivity index is 2.13. The van der Waals surface area contributed by atoms with Gasteiger partial charge in [-0.2, -0.15) is 0 Å². The van der Waals surface area contributed by atoms with Gasteiger partial charge in [0.2, 0.25) is 0 Å². The van der Waals surface area contributed by atoms with Gasteiger partial charge in [-0.1, -0.05) is 19.8 Å². The van der Waals surface area contributed by atoms with Crippen molar-refractivity contribution in [1.82, 2.24) is 4.98 Å². The molecule has 0 aliphatic heterocycles. The van der Waals surface area contributed by atoms with Gasteiger partial charge in [-0.15, -0.1) is 0 Å². The standard InChI is InChI=1S/C14H22N2O/c1-9-3-5-11(6-4-9)13(17)12-7-10(2)8-16-14(12)15/h7-9,11,13,17H,3-6H2,1-2H3,(H2,15,16). The summed E-state index contributed by atoms with van der Waals surface area (Å²) < 4.78 is 0. The number of anilines is 1. The molecule has 1 unspecified atom stereocenters. The van der Waals surface area contributed by atoms with Gasteiger partial charge in [0.1, 0.15) is 5.82 Å². The summed E-state index contributed by atoms with van der Waals surface area (Å²) in [6.45, 7) is 4.26. The third-order valence-corrected chi connectivity index (χ3v) is 3.91. The minimum absolute atomic E-state index is 0.345. The van der Waals surface area contributed by atoms with E-state index >= 15 is 0 Å². The lowest BCUT2D eigenvalue weighted by atomic mass is 9.78. The van der Waals surface area contributed by atoms with E-state index in [1.807, 2.05) is 13.0 Å². The van der Waals surface area contributed by atoms with Crippen LogP contribution in [-0.4, -0.2) is 10.1 Å². The molecule has 17 heavy (non-hydrogen) atoms. The van der Waals surface area contributed by atoms with Crippen LogP contribution in [0.2, 0.25) is 0 Å². The van der Waals surface area contributed by atoms with Crippen LogP contribution >= 0.6 is 0 Å². The van der Waals surface area contributed by atoms with Crippen LogP contribution in [0.15, 0.2) is 12.3 Å². The van der Waals surface area contributed by atoms with Gasteiger partial charge in [-0.05, 0) is 43.2 Å². The van der Waals surface area contributed by atoms with Crippen LogP contribution in [0.3, 0.4) is 0 Å². The minimum atomic E-state index is -0.449. The van der Waals surface area contributed by atoms with E-state index in [2.05, 4.69) is 11.9 Å². The number of pyridine rings is 1. The zero-order valence-corrected chi connectivity index (χ0v) is 10.7. The zero-order valence-electron chi connectivity index (χ0n) is 10.7. The average Bonchev–Trinajstić information content (AvgIpc) is 2.32. The number of nitrogen functional groups attached to an aromatic ring is 1. The highest BCUT2D eigenvalue weighted by Gasteiger charge is 2.27. The van der Waals surface area contributed by atoms with Crippen LogP contribution in [0.5, 0.6) is 0 Å². The molecule has 1 aliphatic carbocycles. The molecule has 0 spiro atoms. The highest BCUT2D eigenvalue weighted by atomic mass is 16.3. The van der Waals surface area contributed by atoms with E-state index in [9.17, 15) is 5.11 Å². The van der Waals surface area contributed by atoms with Crippen LogP contribution < -0.4 is 5.73 Å². The predicted molar refractivity (Wildman–Crippen MR) is 69.5 cm³/mol. The fourth-order valence-corrected chi connectivity index (χ4v) is 2.69. The summed E-state index contributed by atoms with van der Waals surface area (Å²) >= 11 is 0. The largest absolute Gasteiger partial charge is 0.388 e. The van der Waals surface area contributed by atoms with Gasteiger partial charge in [0.25, 0.3) is 0 Å². The first-order valence-electron chi connectivity index (χ1n) is 6.48. The molecule has 1 heterocycles. The number of hydrogen-bond donors (Lipinski definition) is 2. The number of hydrogen-bond acceptors (Lipinski definition) is 3. The molecule has 3 nitrogen and oxygen atoms in total. The van der Waals surface area contributed by atoms with Crippen molar-refractivity contribution in [3.63, 3.8) is 0 Å². The first-order chi connectivity index (χ1) is 8.08. The maximum atomic E-state index is 10.4. The molecule has 3 heteroatoms. The van der Waals surface area contributed by atoms with Gasteiger partial charge < -0.3 is 10.8 Å². The van der Waals surface area contributed by atoms with Gasteiger partial charge in [0.05, 0.1) is 6.10 Å². The Bertz CT molecular complexity index is 384. The molecule has 0 aromatic carbocycles. The van der Waals surface area contributed by atoms with Crippen molar-refractivity contribution in [2.45, 2.75) is 45.6 Å². The summed E-state index contributed by atoms with van der Waals surface area (Å²) in [4.78, 5) is 4.13. The van der Waals surface area contributed by atoms with Crippen LogP contribution in [0.25, 0.3) is 0 Å². The lowest BCUT2D eigenvalue weighted by molar-refractivity contribution is 0.0759. The summed E-state index contributed by atoms with van der Waals surface area (Å²) in [7, 11) is 0. The van der Waals surface area contributed by atoms with E-state index in [0.717, 1.165) is 29.9 Å². The lowest BCUT2D eigenvalue weighted by Gasteiger charge is -2.30. The first kappa shape index (κ1) is 12.4. The molecule has 1 aromatic rings. The van der Waals surface area contributed by atoms with Crippen LogP contribution in [-0.2, 0) is 0 Å². The Morgan fingerprint density at radius 2 is 2.00 bits per heavy atom. The topological polar surface area (TPSA) is 59.1 Å². The Hall–Kier alpha value is -1.09. The van der Waals surface area contributed by atoms with Crippen LogP contribution in [0, 0.1) is 18.8 Å². The van der Waals surface area contributed by atoms with Crippen LogP contribution in [0.1, 0.15) is 49.8 Å². The second-order valence-corrected chi connectivity index (χ2v) is 5.45. The molecule has 1 fully saturated rings. The molecule has 0 amide bonds. The second-order valence-electron chi connectivity index (χ2n) is 5.45. The van der Waals surface area contributed by atoms with Gasteiger partial charge in [0.15, 0.2) is 0 Å². The van der Waals surface area contributed by atoms with E-state index in [1.54, 1.807) is 6.20 Å². The maximum absolute atomic E-state index is 10.4. The van der Waals surface area contributed by atoms with Crippen molar-refractivity contribution < 1.29 is 5.11 Å². The molecular weight excluding hydrogens is 212 g/mol. The Labute approximate surface area is 103 Å². The highest BCUT2D eigenvalue weighted by Crippen LogP contribution is 2.37. The molecule has 1 atom stereocenters. The molecule has 0 bridgehead atoms. The van der Waals surface area contributed by atoms with Gasteiger partial charge >= 0.3 is 0 Å². The number of nitrogens with two attached hydrogens (primary N) is 1. The lowest BCUT2D eigenvalue weighted by Crippen LogP contribution is -2.20. The molecule has 94 valence electrons. The predicted octanol–water partition coefficient (Wildman–Crippen LogP) is 2.83. The monoisotopic (exact) mass is 234 g/mol. The Morgan fingerprint density at radius 1 is 1.35 bits per heavy atom. The summed E-state index contributed by atoms with van der Waals surface area (Å²) in [6, 6.07) is 1.96. The summed E-state index contributed by atoms with van der Waals surface area (Å²) in [5, 5.41) is 10.4. The zero-order chi connectivity index (χ0) is 12.4. The summed E-state index contributed by atoms with van der Waals surface area (Å²) in [5.74, 6) is 1.62. The molecule has 1 saturated carbocycles. The van der Waals surface area contributed by atoms with E-state index in [4.69, 9.17) is 5.73 Å². The van der Waals surface area contributed by atoms with Gasteiger partial charge in [-0.3, -0.25) is 0 Å². The van der Waals surface area contributed by atoms with E-state index in [-0.39, 0.29) is 0 Å². The molecule has 3 N–H and O–H groups in total. The number of aryl methyl sites for hydroxylation is 1. The number of aliphatic hydroxyl groups is 1. The fraction of sp³-hybridized carbons (Fsp3) is 0.643. The van der Waals surface area contributed by atoms with Gasteiger partial charge in [0, 0.05) is 11.8 Å². The molecule has 1 aliphatic rings. The van der Waals surface area contributed by atoms with E-state index in [1.165, 1.54) is 12.8 Å². The molecule has 0 radical (unpaired) electrons. The number of aromatic nitrogens is 1. The number of rotatable bonds is 2. The summed E-state index contributed by atoms with van der Waals surface area (Å²) in [5.41, 5.74) is 7.72. The molecular formula is C14H22N2O. The maximum Gasteiger partial charge on any atom is 0.129 e. The fourth-order valence-electron chi connectivity index (χ4n) is 2.69. The summed E-state index contributed by atoms with van der Waals surface area (Å²) in [6.07, 6.45) is 5.90. The van der Waals surface area contributed by atoms with Crippen molar-refractivity contribution in [3.8, 4) is 0 Å². The Morgan fingerprint density at radius 3 is 2.65 bits per heavy atom. The van der Waals surface area contributed by atoms with Crippen molar-refractivity contribution in [1.29, 1.82) is 0 Å². The van der Waals surface area contributed by atoms with E-state index < -0.39 is 6.10 Å². The third-order valence-electron chi connectivity index (χ3n) is 3.91. The highest BCUT2D eigenvalue weighted by molar-refractivity contribution is 5.42. The van der Waals surface area contributed by atoms with E-state index in [0.29, 0.717) is 11.7 Å². The second kappa shape index (κ2) is 5.05. The van der Waals surface area contributed by atoms with Crippen molar-refractivity contribution in [3.05, 3.63) is 23.4 Å². The molecule has 0 saturated heterocycles. The molecule has 1 aromatic heterocycles. The first-order valence-corrected chi connectivity index (χ1v) is 6.48. The number of nitrogens with zero attached hydrogens (tertiary/aromatic N) is 1. The smallest absolute Gasteiger partial charge is 0.129 e. The quantitative estimate of drug-likeness (QED) is 0.827. The van der Waals surface area contributed by atoms with Crippen molar-refractivity contribution >= 4 is 5.82 Å². The van der Waals surface area contributed by atoms with Gasteiger partial charge in [-0.25, -0.2) is 4.98 Å². The minimum Gasteiger partial charge on any atom is -0.388 e. The average molecular weight is 234 g/mol. The molecule has 2 rings (SSSR count). The SMILES string of the molecule is Cc1cnc(N)c(C(O)C2CCC(C)CC2)c1. The Kier molecular flexibility index (Phi) is 3.67. The number of aliphatic hydroxyl groups excluding tert-OH is 1.